The highest BCUT2D eigenvalue weighted by Crippen LogP contribution is 2.35. The molecule has 1 aliphatic rings. The first-order valence-corrected chi connectivity index (χ1v) is 9.22. The summed E-state index contributed by atoms with van der Waals surface area (Å²) in [4.78, 5) is 26.0. The van der Waals surface area contributed by atoms with Crippen LogP contribution in [-0.2, 0) is 4.79 Å². The van der Waals surface area contributed by atoms with Crippen molar-refractivity contribution in [3.63, 3.8) is 0 Å². The van der Waals surface area contributed by atoms with Gasteiger partial charge in [0, 0.05) is 20.2 Å². The lowest BCUT2D eigenvalue weighted by atomic mass is 10.1. The number of phenols is 1. The molecule has 0 spiro atoms. The zero-order chi connectivity index (χ0) is 21.1. The number of carbonyl (C=O) groups excluding carboxylic acids is 2. The monoisotopic (exact) mass is 397 g/mol. The summed E-state index contributed by atoms with van der Waals surface area (Å²) in [7, 11) is 3.33. The average molecular weight is 397 g/mol. The van der Waals surface area contributed by atoms with Crippen molar-refractivity contribution >= 4 is 17.8 Å². The lowest BCUT2D eigenvalue weighted by Gasteiger charge is -2.20. The van der Waals surface area contributed by atoms with Crippen molar-refractivity contribution in [2.45, 2.75) is 20.0 Å². The van der Waals surface area contributed by atoms with Gasteiger partial charge in [0.25, 0.3) is 5.91 Å². The van der Waals surface area contributed by atoms with Crippen molar-refractivity contribution in [3.05, 3.63) is 53.3 Å². The molecule has 1 unspecified atom stereocenters. The number of phenolic OH excluding ortho intramolecular Hbond substituents is 1. The molecule has 1 atom stereocenters. The molecule has 0 aliphatic carbocycles. The molecule has 152 valence electrons. The Bertz CT molecular complexity index is 979. The zero-order valence-electron chi connectivity index (χ0n) is 16.8. The highest BCUT2D eigenvalue weighted by atomic mass is 16.5. The summed E-state index contributed by atoms with van der Waals surface area (Å²) in [6.07, 6.45) is 0.926. The van der Waals surface area contributed by atoms with Crippen LogP contribution in [0.1, 0.15) is 29.8 Å². The van der Waals surface area contributed by atoms with Crippen molar-refractivity contribution in [2.24, 2.45) is 0 Å². The third-order valence-electron chi connectivity index (χ3n) is 4.31. The molecule has 1 heterocycles. The van der Waals surface area contributed by atoms with Crippen LogP contribution in [0.25, 0.3) is 6.08 Å². The van der Waals surface area contributed by atoms with Crippen LogP contribution in [0.15, 0.2) is 42.2 Å². The molecular weight excluding hydrogens is 374 g/mol. The van der Waals surface area contributed by atoms with E-state index in [1.807, 2.05) is 6.92 Å². The quantitative estimate of drug-likeness (QED) is 0.753. The minimum atomic E-state index is -0.671. The number of likely N-dealkylation sites (N-methyl/N-ethyl adjacent to an activating group) is 1. The van der Waals surface area contributed by atoms with E-state index in [4.69, 9.17) is 14.2 Å². The van der Waals surface area contributed by atoms with Gasteiger partial charge < -0.3 is 24.2 Å². The summed E-state index contributed by atoms with van der Waals surface area (Å²) >= 11 is 0. The van der Waals surface area contributed by atoms with Gasteiger partial charge >= 0.3 is 0 Å². The van der Waals surface area contributed by atoms with E-state index in [9.17, 15) is 14.7 Å². The molecule has 0 fully saturated rings. The van der Waals surface area contributed by atoms with E-state index in [0.29, 0.717) is 35.0 Å². The number of Topliss-reactive ketones (excluding diaryl/α,β-unsaturated/α-hetero) is 1. The van der Waals surface area contributed by atoms with Crippen molar-refractivity contribution in [2.75, 3.05) is 20.7 Å². The summed E-state index contributed by atoms with van der Waals surface area (Å²) in [5, 5.41) is 9.56. The third-order valence-corrected chi connectivity index (χ3v) is 4.31. The van der Waals surface area contributed by atoms with Crippen LogP contribution in [0.4, 0.5) is 0 Å². The van der Waals surface area contributed by atoms with Crippen LogP contribution in [0, 0.1) is 0 Å². The second-order valence-corrected chi connectivity index (χ2v) is 6.75. The van der Waals surface area contributed by atoms with E-state index in [1.165, 1.54) is 23.1 Å². The highest BCUT2D eigenvalue weighted by molar-refractivity contribution is 6.14. The van der Waals surface area contributed by atoms with Gasteiger partial charge in [-0.2, -0.15) is 0 Å². The first kappa shape index (κ1) is 20.3. The van der Waals surface area contributed by atoms with Crippen LogP contribution < -0.4 is 14.2 Å². The topological polar surface area (TPSA) is 85.3 Å². The van der Waals surface area contributed by atoms with E-state index >= 15 is 0 Å². The SMILES string of the molecule is CCOc1cc(C=C2Oc3cc(O)ccc3C2=O)ccc1OC(C)C(=O)N(C)C. The summed E-state index contributed by atoms with van der Waals surface area (Å²) in [6, 6.07) is 9.53. The number of ketones is 1. The molecule has 1 aliphatic heterocycles. The molecular formula is C22H23NO6. The van der Waals surface area contributed by atoms with Crippen LogP contribution in [0.2, 0.25) is 0 Å². The summed E-state index contributed by atoms with van der Waals surface area (Å²) in [5.74, 6) is 0.969. The summed E-state index contributed by atoms with van der Waals surface area (Å²) < 4.78 is 17.0. The van der Waals surface area contributed by atoms with Gasteiger partial charge in [-0.25, -0.2) is 0 Å². The van der Waals surface area contributed by atoms with Gasteiger partial charge in [0.2, 0.25) is 5.78 Å². The standard InChI is InChI=1S/C22H23NO6/c1-5-27-19-10-14(6-9-17(19)28-13(2)22(26)23(3)4)11-20-21(25)16-8-7-15(24)12-18(16)29-20/h6-13,24H,5H2,1-4H3. The number of allylic oxidation sites excluding steroid dienone is 1. The van der Waals surface area contributed by atoms with Crippen molar-refractivity contribution in [3.8, 4) is 23.0 Å². The zero-order valence-corrected chi connectivity index (χ0v) is 16.8. The summed E-state index contributed by atoms with van der Waals surface area (Å²) in [5.41, 5.74) is 1.07. The molecule has 2 aromatic rings. The molecule has 0 saturated carbocycles. The minimum absolute atomic E-state index is 0.0272. The van der Waals surface area contributed by atoms with Crippen LogP contribution in [-0.4, -0.2) is 48.5 Å². The molecule has 1 amide bonds. The number of aromatic hydroxyl groups is 1. The van der Waals surface area contributed by atoms with Crippen LogP contribution in [0.3, 0.4) is 0 Å². The van der Waals surface area contributed by atoms with Crippen LogP contribution in [0.5, 0.6) is 23.0 Å². The van der Waals surface area contributed by atoms with E-state index < -0.39 is 6.10 Å². The van der Waals surface area contributed by atoms with E-state index in [0.717, 1.165) is 0 Å². The molecule has 7 nitrogen and oxygen atoms in total. The first-order chi connectivity index (χ1) is 13.8. The Kier molecular flexibility index (Phi) is 5.77. The van der Waals surface area contributed by atoms with Gasteiger partial charge in [-0.3, -0.25) is 9.59 Å². The number of fused-ring (bicyclic) bond motifs is 1. The molecule has 29 heavy (non-hydrogen) atoms. The number of ether oxygens (including phenoxy) is 3. The number of hydrogen-bond acceptors (Lipinski definition) is 6. The number of amides is 1. The second-order valence-electron chi connectivity index (χ2n) is 6.75. The van der Waals surface area contributed by atoms with Gasteiger partial charge in [-0.1, -0.05) is 6.07 Å². The molecule has 0 saturated heterocycles. The van der Waals surface area contributed by atoms with E-state index in [-0.39, 0.29) is 23.2 Å². The molecule has 0 aromatic heterocycles. The Morgan fingerprint density at radius 3 is 2.66 bits per heavy atom. The molecule has 1 N–H and O–H groups in total. The third kappa shape index (κ3) is 4.34. The number of hydrogen-bond donors (Lipinski definition) is 1. The van der Waals surface area contributed by atoms with E-state index in [2.05, 4.69) is 0 Å². The number of carbonyl (C=O) groups is 2. The molecule has 3 rings (SSSR count). The number of rotatable bonds is 6. The molecule has 0 radical (unpaired) electrons. The van der Waals surface area contributed by atoms with E-state index in [1.54, 1.807) is 45.3 Å². The number of nitrogens with zero attached hydrogens (tertiary/aromatic N) is 1. The Hall–Kier alpha value is -3.48. The Morgan fingerprint density at radius 1 is 1.21 bits per heavy atom. The van der Waals surface area contributed by atoms with Gasteiger partial charge in [0.15, 0.2) is 23.4 Å². The maximum atomic E-state index is 12.5. The predicted molar refractivity (Wildman–Crippen MR) is 107 cm³/mol. The fraction of sp³-hybridized carbons (Fsp3) is 0.273. The minimum Gasteiger partial charge on any atom is -0.508 e. The van der Waals surface area contributed by atoms with Crippen LogP contribution >= 0.6 is 0 Å². The molecule has 2 aromatic carbocycles. The fourth-order valence-corrected chi connectivity index (χ4v) is 2.91. The Labute approximate surface area is 169 Å². The largest absolute Gasteiger partial charge is 0.508 e. The van der Waals surface area contributed by atoms with Crippen molar-refractivity contribution in [1.29, 1.82) is 0 Å². The molecule has 0 bridgehead atoms. The Morgan fingerprint density at radius 2 is 1.97 bits per heavy atom. The maximum Gasteiger partial charge on any atom is 0.262 e. The van der Waals surface area contributed by atoms with Crippen molar-refractivity contribution < 1.29 is 28.9 Å². The van der Waals surface area contributed by atoms with Gasteiger partial charge in [0.05, 0.1) is 12.2 Å². The lowest BCUT2D eigenvalue weighted by molar-refractivity contribution is -0.135. The summed E-state index contributed by atoms with van der Waals surface area (Å²) in [6.45, 7) is 3.92. The first-order valence-electron chi connectivity index (χ1n) is 9.22. The highest BCUT2D eigenvalue weighted by Gasteiger charge is 2.27. The van der Waals surface area contributed by atoms with Crippen molar-refractivity contribution in [1.82, 2.24) is 4.90 Å². The second kappa shape index (κ2) is 8.26. The fourth-order valence-electron chi connectivity index (χ4n) is 2.91. The normalized spacial score (nSPS) is 14.9. The predicted octanol–water partition coefficient (Wildman–Crippen LogP) is 3.26. The number of benzene rings is 2. The van der Waals surface area contributed by atoms with Gasteiger partial charge in [-0.05, 0) is 49.8 Å². The van der Waals surface area contributed by atoms with Gasteiger partial charge in [-0.15, -0.1) is 0 Å². The lowest BCUT2D eigenvalue weighted by Crippen LogP contribution is -2.35. The maximum absolute atomic E-state index is 12.5. The van der Waals surface area contributed by atoms with Gasteiger partial charge in [0.1, 0.15) is 11.5 Å². The average Bonchev–Trinajstić information content (AvgIpc) is 2.97. The molecule has 7 heteroatoms. The Balaban J connectivity index is 1.86. The smallest absolute Gasteiger partial charge is 0.262 e.